The van der Waals surface area contributed by atoms with Gasteiger partial charge in [-0.3, -0.25) is 19.2 Å². The lowest BCUT2D eigenvalue weighted by Crippen LogP contribution is -2.23. The molecular weight excluding hydrogens is 460 g/mol. The highest BCUT2D eigenvalue weighted by Gasteiger charge is 2.34. The lowest BCUT2D eigenvalue weighted by Gasteiger charge is -2.19. The van der Waals surface area contributed by atoms with Crippen LogP contribution < -0.4 is 11.5 Å². The molecule has 8 nitrogen and oxygen atoms in total. The maximum atomic E-state index is 12.3. The number of ketones is 4. The molecule has 0 atom stereocenters. The molecule has 6 rings (SSSR count). The van der Waals surface area contributed by atoms with Gasteiger partial charge in [-0.05, 0) is 24.3 Å². The number of phenols is 2. The van der Waals surface area contributed by atoms with Crippen LogP contribution in [-0.4, -0.2) is 33.3 Å². The minimum Gasteiger partial charge on any atom is -0.507 e. The summed E-state index contributed by atoms with van der Waals surface area (Å²) in [5.74, 6) is -1.84. The van der Waals surface area contributed by atoms with Crippen molar-refractivity contribution in [3.63, 3.8) is 0 Å². The number of hydrogen-bond acceptors (Lipinski definition) is 8. The average molecular weight is 478 g/mol. The molecule has 0 radical (unpaired) electrons. The summed E-state index contributed by atoms with van der Waals surface area (Å²) in [6.45, 7) is 0. The molecule has 4 aromatic carbocycles. The number of anilines is 2. The van der Waals surface area contributed by atoms with Crippen molar-refractivity contribution < 1.29 is 29.4 Å². The number of phenolic OH excluding ortho intramolecular Hbond substituents is 2. The first-order valence-electron chi connectivity index (χ1n) is 10.8. The maximum Gasteiger partial charge on any atom is 0.198 e. The summed E-state index contributed by atoms with van der Waals surface area (Å²) in [5, 5.41) is 19.4. The molecule has 0 amide bonds. The lowest BCUT2D eigenvalue weighted by atomic mass is 9.82. The Bertz CT molecular complexity index is 1410. The molecule has 0 aliphatic heterocycles. The van der Waals surface area contributed by atoms with Crippen LogP contribution in [0, 0.1) is 0 Å². The van der Waals surface area contributed by atoms with Crippen molar-refractivity contribution in [1.29, 1.82) is 0 Å². The van der Waals surface area contributed by atoms with Crippen LogP contribution in [0.3, 0.4) is 0 Å². The van der Waals surface area contributed by atoms with Gasteiger partial charge in [-0.15, -0.1) is 0 Å². The van der Waals surface area contributed by atoms with Crippen molar-refractivity contribution in [3.8, 4) is 11.5 Å². The summed E-state index contributed by atoms with van der Waals surface area (Å²) < 4.78 is 0. The Balaban J connectivity index is 0.000000148. The zero-order chi connectivity index (χ0) is 25.7. The SMILES string of the molecule is Nc1cccc2c1C(=O)c1cccc(N)c1C2=O.O=C1c2cccc(O)c2C(=O)c2cccc(O)c21. The molecule has 0 fully saturated rings. The van der Waals surface area contributed by atoms with Gasteiger partial charge in [-0.2, -0.15) is 0 Å². The normalized spacial score (nSPS) is 13.1. The molecule has 0 spiro atoms. The number of aromatic hydroxyl groups is 2. The highest BCUT2D eigenvalue weighted by atomic mass is 16.3. The number of carbonyl (C=O) groups excluding carboxylic acids is 4. The Morgan fingerprint density at radius 3 is 1.06 bits per heavy atom. The molecule has 0 saturated heterocycles. The molecule has 176 valence electrons. The van der Waals surface area contributed by atoms with E-state index in [9.17, 15) is 29.4 Å². The van der Waals surface area contributed by atoms with Crippen LogP contribution in [0.5, 0.6) is 11.5 Å². The van der Waals surface area contributed by atoms with Crippen molar-refractivity contribution in [2.45, 2.75) is 0 Å². The molecular formula is C28H18N2O6. The van der Waals surface area contributed by atoms with Crippen LogP contribution in [0.25, 0.3) is 0 Å². The number of carbonyl (C=O) groups is 4. The summed E-state index contributed by atoms with van der Waals surface area (Å²) in [6.07, 6.45) is 0. The number of nitrogens with two attached hydrogens (primary N) is 2. The van der Waals surface area contributed by atoms with Crippen molar-refractivity contribution in [2.24, 2.45) is 0 Å². The number of fused-ring (bicyclic) bond motifs is 4. The highest BCUT2D eigenvalue weighted by molar-refractivity contribution is 6.32. The van der Waals surface area contributed by atoms with Gasteiger partial charge in [0, 0.05) is 33.6 Å². The van der Waals surface area contributed by atoms with E-state index >= 15 is 0 Å². The van der Waals surface area contributed by atoms with Crippen molar-refractivity contribution >= 4 is 34.5 Å². The number of nitrogen functional groups attached to an aromatic ring is 2. The molecule has 0 unspecified atom stereocenters. The molecule has 2 aliphatic rings. The first-order valence-corrected chi connectivity index (χ1v) is 10.8. The zero-order valence-corrected chi connectivity index (χ0v) is 18.6. The molecule has 0 aromatic heterocycles. The monoisotopic (exact) mass is 478 g/mol. The van der Waals surface area contributed by atoms with Crippen LogP contribution in [0.1, 0.15) is 63.7 Å². The quantitative estimate of drug-likeness (QED) is 0.241. The fraction of sp³-hybridized carbons (Fsp3) is 0. The van der Waals surface area contributed by atoms with Gasteiger partial charge >= 0.3 is 0 Å². The Morgan fingerprint density at radius 1 is 0.417 bits per heavy atom. The number of benzene rings is 4. The number of rotatable bonds is 0. The average Bonchev–Trinajstić information content (AvgIpc) is 2.86. The Labute approximate surface area is 204 Å². The van der Waals surface area contributed by atoms with Crippen molar-refractivity contribution in [3.05, 3.63) is 117 Å². The Hall–Kier alpha value is -5.24. The van der Waals surface area contributed by atoms with Gasteiger partial charge in [-0.25, -0.2) is 0 Å². The molecule has 0 heterocycles. The Kier molecular flexibility index (Phi) is 5.14. The van der Waals surface area contributed by atoms with Crippen molar-refractivity contribution in [1.82, 2.24) is 0 Å². The molecule has 8 heteroatoms. The van der Waals surface area contributed by atoms with E-state index < -0.39 is 11.6 Å². The third-order valence-corrected chi connectivity index (χ3v) is 6.17. The van der Waals surface area contributed by atoms with E-state index in [0.29, 0.717) is 22.5 Å². The van der Waals surface area contributed by atoms with E-state index in [4.69, 9.17) is 11.5 Å². The summed E-state index contributed by atoms with van der Waals surface area (Å²) in [4.78, 5) is 49.1. The van der Waals surface area contributed by atoms with Gasteiger partial charge in [-0.1, -0.05) is 48.5 Å². The second-order valence-electron chi connectivity index (χ2n) is 8.26. The van der Waals surface area contributed by atoms with Crippen LogP contribution in [-0.2, 0) is 0 Å². The predicted molar refractivity (Wildman–Crippen MR) is 132 cm³/mol. The minimum atomic E-state index is -0.450. The summed E-state index contributed by atoms with van der Waals surface area (Å²) in [5.41, 5.74) is 13.7. The fourth-order valence-electron chi connectivity index (χ4n) is 4.50. The van der Waals surface area contributed by atoms with Crippen LogP contribution in [0.15, 0.2) is 72.8 Å². The molecule has 0 saturated carbocycles. The summed E-state index contributed by atoms with van der Waals surface area (Å²) in [6, 6.07) is 18.4. The van der Waals surface area contributed by atoms with E-state index in [1.54, 1.807) is 36.4 Å². The summed E-state index contributed by atoms with van der Waals surface area (Å²) >= 11 is 0. The van der Waals surface area contributed by atoms with Gasteiger partial charge in [0.1, 0.15) is 11.5 Å². The topological polar surface area (TPSA) is 161 Å². The summed E-state index contributed by atoms with van der Waals surface area (Å²) in [7, 11) is 0. The lowest BCUT2D eigenvalue weighted by molar-refractivity contribution is 0.0974. The molecule has 36 heavy (non-hydrogen) atoms. The molecule has 4 aromatic rings. The van der Waals surface area contributed by atoms with E-state index in [0.717, 1.165) is 0 Å². The smallest absolute Gasteiger partial charge is 0.198 e. The van der Waals surface area contributed by atoms with Crippen LogP contribution in [0.2, 0.25) is 0 Å². The second kappa shape index (κ2) is 8.21. The fourth-order valence-corrected chi connectivity index (χ4v) is 4.50. The van der Waals surface area contributed by atoms with Gasteiger partial charge in [0.15, 0.2) is 23.1 Å². The first kappa shape index (κ1) is 22.5. The molecule has 6 N–H and O–H groups in total. The third kappa shape index (κ3) is 3.24. The second-order valence-corrected chi connectivity index (χ2v) is 8.26. The predicted octanol–water partition coefficient (Wildman–Crippen LogP) is 3.50. The zero-order valence-electron chi connectivity index (χ0n) is 18.6. The highest BCUT2D eigenvalue weighted by Crippen LogP contribution is 2.36. The van der Waals surface area contributed by atoms with Crippen molar-refractivity contribution in [2.75, 3.05) is 11.5 Å². The number of hydrogen-bond donors (Lipinski definition) is 4. The van der Waals surface area contributed by atoms with E-state index in [2.05, 4.69) is 0 Å². The Morgan fingerprint density at radius 2 is 0.694 bits per heavy atom. The van der Waals surface area contributed by atoms with Crippen LogP contribution in [0.4, 0.5) is 11.4 Å². The molecule has 0 bridgehead atoms. The largest absolute Gasteiger partial charge is 0.507 e. The standard InChI is InChI=1S/C14H10N2O2.C14H8O4/c2*15-9-5-1-3-7-11(9)14(18)8-4-2-6-10(16)12(8)13(7)17/h1-6H,15-16H2;1-6,15-16H. The van der Waals surface area contributed by atoms with Gasteiger partial charge in [0.25, 0.3) is 0 Å². The van der Waals surface area contributed by atoms with E-state index in [1.807, 2.05) is 0 Å². The van der Waals surface area contributed by atoms with Crippen LogP contribution >= 0.6 is 0 Å². The first-order chi connectivity index (χ1) is 17.2. The van der Waals surface area contributed by atoms with E-state index in [-0.39, 0.29) is 56.4 Å². The minimum absolute atomic E-state index is 0.000556. The van der Waals surface area contributed by atoms with E-state index in [1.165, 1.54) is 36.4 Å². The maximum absolute atomic E-state index is 12.3. The van der Waals surface area contributed by atoms with Gasteiger partial charge < -0.3 is 21.7 Å². The van der Waals surface area contributed by atoms with Gasteiger partial charge in [0.2, 0.25) is 0 Å². The van der Waals surface area contributed by atoms with Gasteiger partial charge in [0.05, 0.1) is 22.3 Å². The molecule has 2 aliphatic carbocycles. The third-order valence-electron chi connectivity index (χ3n) is 6.17.